The molecule has 0 aliphatic carbocycles. The summed E-state index contributed by atoms with van der Waals surface area (Å²) in [4.78, 5) is 22.0. The van der Waals surface area contributed by atoms with Crippen LogP contribution in [0.1, 0.15) is 5.56 Å². The fraction of sp³-hybridized carbons (Fsp3) is 0.0833. The van der Waals surface area contributed by atoms with Crippen molar-refractivity contribution in [1.29, 1.82) is 0 Å². The van der Waals surface area contributed by atoms with Crippen molar-refractivity contribution in [3.8, 4) is 11.3 Å². The van der Waals surface area contributed by atoms with Gasteiger partial charge in [0.15, 0.2) is 0 Å². The Labute approximate surface area is 96.7 Å². The Morgan fingerprint density at radius 1 is 1.29 bits per heavy atom. The number of aromatic nitrogens is 2. The zero-order valence-electron chi connectivity index (χ0n) is 8.88. The first-order valence-corrected chi connectivity index (χ1v) is 5.02. The van der Waals surface area contributed by atoms with Gasteiger partial charge in [0.25, 0.3) is 5.56 Å². The Bertz CT molecular complexity index is 590. The highest BCUT2D eigenvalue weighted by atomic mass is 16.4. The summed E-state index contributed by atoms with van der Waals surface area (Å²) in [6.07, 6.45) is -0.308. The third kappa shape index (κ3) is 2.57. The van der Waals surface area contributed by atoms with E-state index in [1.54, 1.807) is 0 Å². The number of nitrogens with one attached hydrogen (secondary N) is 1. The molecule has 0 saturated carbocycles. The van der Waals surface area contributed by atoms with Crippen molar-refractivity contribution in [1.82, 2.24) is 10.2 Å². The van der Waals surface area contributed by atoms with E-state index in [1.807, 2.05) is 30.3 Å². The van der Waals surface area contributed by atoms with E-state index in [1.165, 1.54) is 6.07 Å². The molecule has 0 aliphatic heterocycles. The first kappa shape index (κ1) is 11.1. The molecule has 5 nitrogen and oxygen atoms in total. The van der Waals surface area contributed by atoms with Gasteiger partial charge in [-0.15, -0.1) is 0 Å². The number of H-pyrrole nitrogens is 1. The molecule has 0 radical (unpaired) electrons. The van der Waals surface area contributed by atoms with Gasteiger partial charge in [0, 0.05) is 11.1 Å². The Balaban J connectivity index is 2.44. The van der Waals surface area contributed by atoms with Gasteiger partial charge in [-0.3, -0.25) is 9.59 Å². The molecule has 1 aromatic heterocycles. The maximum absolute atomic E-state index is 11.4. The van der Waals surface area contributed by atoms with Crippen LogP contribution in [0.3, 0.4) is 0 Å². The van der Waals surface area contributed by atoms with Gasteiger partial charge in [-0.25, -0.2) is 5.10 Å². The third-order valence-corrected chi connectivity index (χ3v) is 2.29. The second-order valence-corrected chi connectivity index (χ2v) is 3.54. The number of carboxylic acids is 1. The molecule has 0 atom stereocenters. The zero-order chi connectivity index (χ0) is 12.3. The van der Waals surface area contributed by atoms with Gasteiger partial charge in [-0.05, 0) is 6.07 Å². The lowest BCUT2D eigenvalue weighted by Gasteiger charge is -2.01. The fourth-order valence-electron chi connectivity index (χ4n) is 1.50. The second-order valence-electron chi connectivity index (χ2n) is 3.54. The smallest absolute Gasteiger partial charge is 0.308 e. The maximum atomic E-state index is 11.4. The summed E-state index contributed by atoms with van der Waals surface area (Å²) in [5.41, 5.74) is 1.12. The molecule has 86 valence electrons. The zero-order valence-corrected chi connectivity index (χ0v) is 8.88. The van der Waals surface area contributed by atoms with Crippen molar-refractivity contribution in [3.05, 3.63) is 52.3 Å². The van der Waals surface area contributed by atoms with E-state index in [0.29, 0.717) is 5.69 Å². The minimum absolute atomic E-state index is 0.200. The van der Waals surface area contributed by atoms with Crippen molar-refractivity contribution >= 4 is 5.97 Å². The standard InChI is InChI=1S/C12H10N2O3/c15-11(16)7-9-6-10(13-14-12(9)17)8-4-2-1-3-5-8/h1-6H,7H2,(H,14,17)(H,15,16). The monoisotopic (exact) mass is 230 g/mol. The number of hydrogen-bond acceptors (Lipinski definition) is 3. The minimum atomic E-state index is -1.04. The van der Waals surface area contributed by atoms with Crippen LogP contribution < -0.4 is 5.56 Å². The molecule has 1 aromatic carbocycles. The molecule has 2 rings (SSSR count). The Hall–Kier alpha value is -2.43. The molecule has 0 spiro atoms. The average molecular weight is 230 g/mol. The lowest BCUT2D eigenvalue weighted by molar-refractivity contribution is -0.136. The largest absolute Gasteiger partial charge is 0.481 e. The summed E-state index contributed by atoms with van der Waals surface area (Å²) in [6.45, 7) is 0. The molecule has 2 aromatic rings. The molecule has 2 N–H and O–H groups in total. The van der Waals surface area contributed by atoms with E-state index in [4.69, 9.17) is 5.11 Å². The Morgan fingerprint density at radius 2 is 2.00 bits per heavy atom. The third-order valence-electron chi connectivity index (χ3n) is 2.29. The van der Waals surface area contributed by atoms with Crippen LogP contribution >= 0.6 is 0 Å². The lowest BCUT2D eigenvalue weighted by Crippen LogP contribution is -2.17. The summed E-state index contributed by atoms with van der Waals surface area (Å²) >= 11 is 0. The highest BCUT2D eigenvalue weighted by molar-refractivity contribution is 5.71. The Kier molecular flexibility index (Phi) is 3.00. The van der Waals surface area contributed by atoms with Gasteiger partial charge in [0.05, 0.1) is 12.1 Å². The van der Waals surface area contributed by atoms with Gasteiger partial charge in [0.1, 0.15) is 0 Å². The summed E-state index contributed by atoms with van der Waals surface area (Å²) in [5, 5.41) is 14.9. The molecule has 0 unspecified atom stereocenters. The van der Waals surface area contributed by atoms with Crippen molar-refractivity contribution in [2.75, 3.05) is 0 Å². The van der Waals surface area contributed by atoms with Crippen molar-refractivity contribution in [2.45, 2.75) is 6.42 Å². The number of benzene rings is 1. The van der Waals surface area contributed by atoms with Gasteiger partial charge in [-0.1, -0.05) is 30.3 Å². The number of nitrogens with zero attached hydrogens (tertiary/aromatic N) is 1. The molecule has 17 heavy (non-hydrogen) atoms. The molecular weight excluding hydrogens is 220 g/mol. The summed E-state index contributed by atoms with van der Waals surface area (Å²) in [6, 6.07) is 10.7. The van der Waals surface area contributed by atoms with Crippen LogP contribution in [0.4, 0.5) is 0 Å². The van der Waals surface area contributed by atoms with Crippen molar-refractivity contribution in [2.24, 2.45) is 0 Å². The van der Waals surface area contributed by atoms with Gasteiger partial charge >= 0.3 is 5.97 Å². The van der Waals surface area contributed by atoms with Crippen LogP contribution in [0, 0.1) is 0 Å². The number of aliphatic carboxylic acids is 1. The van der Waals surface area contributed by atoms with E-state index in [9.17, 15) is 9.59 Å². The number of aromatic amines is 1. The molecule has 0 saturated heterocycles. The van der Waals surface area contributed by atoms with Crippen LogP contribution in [0.5, 0.6) is 0 Å². The molecule has 1 heterocycles. The van der Waals surface area contributed by atoms with Gasteiger partial charge in [-0.2, -0.15) is 5.10 Å². The van der Waals surface area contributed by atoms with Crippen LogP contribution in [-0.2, 0) is 11.2 Å². The number of carboxylic acid groups (broad SMARTS) is 1. The minimum Gasteiger partial charge on any atom is -0.481 e. The summed E-state index contributed by atoms with van der Waals surface area (Å²) in [5.74, 6) is -1.04. The first-order chi connectivity index (χ1) is 8.16. The topological polar surface area (TPSA) is 83.0 Å². The van der Waals surface area contributed by atoms with Gasteiger partial charge in [0.2, 0.25) is 0 Å². The van der Waals surface area contributed by atoms with Gasteiger partial charge < -0.3 is 5.11 Å². The quantitative estimate of drug-likeness (QED) is 0.826. The molecule has 5 heteroatoms. The van der Waals surface area contributed by atoms with Crippen molar-refractivity contribution in [3.63, 3.8) is 0 Å². The summed E-state index contributed by atoms with van der Waals surface area (Å²) < 4.78 is 0. The van der Waals surface area contributed by atoms with E-state index < -0.39 is 11.5 Å². The highest BCUT2D eigenvalue weighted by Crippen LogP contribution is 2.15. The van der Waals surface area contributed by atoms with E-state index in [2.05, 4.69) is 10.2 Å². The summed E-state index contributed by atoms with van der Waals surface area (Å²) in [7, 11) is 0. The van der Waals surface area contributed by atoms with Crippen LogP contribution in [0.15, 0.2) is 41.2 Å². The maximum Gasteiger partial charge on any atom is 0.308 e. The molecule has 0 aliphatic rings. The predicted molar refractivity (Wildman–Crippen MR) is 61.6 cm³/mol. The molecule has 0 fully saturated rings. The van der Waals surface area contributed by atoms with E-state index in [0.717, 1.165) is 5.56 Å². The predicted octanol–water partition coefficient (Wildman–Crippen LogP) is 1.06. The van der Waals surface area contributed by atoms with Crippen molar-refractivity contribution < 1.29 is 9.90 Å². The number of rotatable bonds is 3. The van der Waals surface area contributed by atoms with Crippen LogP contribution in [0.2, 0.25) is 0 Å². The number of hydrogen-bond donors (Lipinski definition) is 2. The Morgan fingerprint density at radius 3 is 2.65 bits per heavy atom. The average Bonchev–Trinajstić information content (AvgIpc) is 2.32. The van der Waals surface area contributed by atoms with E-state index in [-0.39, 0.29) is 12.0 Å². The normalized spacial score (nSPS) is 10.1. The first-order valence-electron chi connectivity index (χ1n) is 5.02. The van der Waals surface area contributed by atoms with Crippen LogP contribution in [-0.4, -0.2) is 21.3 Å². The lowest BCUT2D eigenvalue weighted by atomic mass is 10.1. The van der Waals surface area contributed by atoms with E-state index >= 15 is 0 Å². The molecular formula is C12H10N2O3. The van der Waals surface area contributed by atoms with Crippen LogP contribution in [0.25, 0.3) is 11.3 Å². The molecule has 0 amide bonds. The SMILES string of the molecule is O=C(O)Cc1cc(-c2ccccc2)n[nH]c1=O. The molecule has 0 bridgehead atoms. The fourth-order valence-corrected chi connectivity index (χ4v) is 1.50. The number of carbonyl (C=O) groups is 1. The second kappa shape index (κ2) is 4.61. The highest BCUT2D eigenvalue weighted by Gasteiger charge is 2.08.